The average Bonchev–Trinajstić information content (AvgIpc) is 2.90. The molecule has 0 saturated heterocycles. The van der Waals surface area contributed by atoms with Gasteiger partial charge in [-0.15, -0.1) is 0 Å². The largest absolute Gasteiger partial charge is 0.493 e. The van der Waals surface area contributed by atoms with Gasteiger partial charge in [-0.3, -0.25) is 4.98 Å². The van der Waals surface area contributed by atoms with E-state index in [4.69, 9.17) is 19.6 Å². The molecule has 1 heterocycles. The van der Waals surface area contributed by atoms with E-state index in [1.165, 1.54) is 6.21 Å². The summed E-state index contributed by atoms with van der Waals surface area (Å²) in [6, 6.07) is 23.4. The van der Waals surface area contributed by atoms with Crippen molar-refractivity contribution in [2.24, 2.45) is 0 Å². The van der Waals surface area contributed by atoms with Crippen molar-refractivity contribution in [3.05, 3.63) is 89.6 Å². The monoisotopic (exact) mass is 480 g/mol. The third-order valence-electron chi connectivity index (χ3n) is 5.57. The van der Waals surface area contributed by atoms with E-state index in [0.29, 0.717) is 34.9 Å². The zero-order valence-electron chi connectivity index (χ0n) is 20.5. The first kappa shape index (κ1) is 24.7. The Morgan fingerprint density at radius 2 is 1.81 bits per heavy atom. The predicted molar refractivity (Wildman–Crippen MR) is 141 cm³/mol. The minimum Gasteiger partial charge on any atom is -0.493 e. The number of rotatable bonds is 10. The number of nitriles is 1. The lowest BCUT2D eigenvalue weighted by atomic mass is 10.1. The van der Waals surface area contributed by atoms with Gasteiger partial charge in [0.25, 0.3) is 0 Å². The van der Waals surface area contributed by atoms with E-state index < -0.39 is 6.10 Å². The summed E-state index contributed by atoms with van der Waals surface area (Å²) in [7, 11) is 1.58. The molecule has 7 nitrogen and oxygen atoms in total. The fraction of sp³-hybridized carbons (Fsp3) is 0.207. The first-order valence-corrected chi connectivity index (χ1v) is 11.6. The summed E-state index contributed by atoms with van der Waals surface area (Å²) in [5.74, 6) is 1.16. The molecule has 2 N–H and O–H groups in total. The summed E-state index contributed by atoms with van der Waals surface area (Å²) in [6.45, 7) is 4.31. The van der Waals surface area contributed by atoms with Crippen LogP contribution in [0.2, 0.25) is 0 Å². The number of ether oxygens (including phenoxy) is 3. The van der Waals surface area contributed by atoms with Crippen LogP contribution in [-0.4, -0.2) is 24.4 Å². The van der Waals surface area contributed by atoms with E-state index in [0.717, 1.165) is 22.2 Å². The fourth-order valence-corrected chi connectivity index (χ4v) is 3.83. The van der Waals surface area contributed by atoms with Crippen LogP contribution in [0.15, 0.2) is 72.9 Å². The molecule has 0 aliphatic rings. The standard InChI is InChI=1S/C29H28N4O3/c1-19(2)36-27-14-25-24(13-26(27)34-3)29(22(15-30)17-32-25)33-23-11-9-21(10-12-23)28(16-31)35-18-20-7-5-4-6-8-20/h4-14,16-17,19,28,31H,18H2,1-3H3,(H,32,33). The molecule has 1 unspecified atom stereocenters. The molecular formula is C29H28N4O3. The summed E-state index contributed by atoms with van der Waals surface area (Å²) in [4.78, 5) is 4.45. The highest BCUT2D eigenvalue weighted by Gasteiger charge is 2.16. The Labute approximate surface area is 210 Å². The van der Waals surface area contributed by atoms with E-state index in [9.17, 15) is 5.26 Å². The third kappa shape index (κ3) is 5.62. The molecule has 36 heavy (non-hydrogen) atoms. The van der Waals surface area contributed by atoms with E-state index >= 15 is 0 Å². The molecule has 0 spiro atoms. The molecular weight excluding hydrogens is 452 g/mol. The second-order valence-corrected chi connectivity index (χ2v) is 8.48. The van der Waals surface area contributed by atoms with Gasteiger partial charge in [-0.05, 0) is 43.2 Å². The lowest BCUT2D eigenvalue weighted by molar-refractivity contribution is 0.0872. The maximum absolute atomic E-state index is 9.73. The Bertz CT molecular complexity index is 1380. The molecule has 0 aliphatic heterocycles. The first-order chi connectivity index (χ1) is 17.5. The lowest BCUT2D eigenvalue weighted by Crippen LogP contribution is -2.07. The Balaban J connectivity index is 1.60. The van der Waals surface area contributed by atoms with E-state index in [1.54, 1.807) is 13.3 Å². The molecule has 3 aromatic carbocycles. The van der Waals surface area contributed by atoms with Crippen molar-refractivity contribution in [3.63, 3.8) is 0 Å². The van der Waals surface area contributed by atoms with Crippen LogP contribution in [0, 0.1) is 16.7 Å². The third-order valence-corrected chi connectivity index (χ3v) is 5.57. The number of methoxy groups -OCH3 is 1. The number of nitrogens with one attached hydrogen (secondary N) is 2. The van der Waals surface area contributed by atoms with E-state index in [1.807, 2.05) is 80.6 Å². The Kier molecular flexibility index (Phi) is 7.79. The molecule has 182 valence electrons. The maximum atomic E-state index is 9.73. The van der Waals surface area contributed by atoms with Crippen molar-refractivity contribution in [2.75, 3.05) is 12.4 Å². The van der Waals surface area contributed by atoms with Crippen molar-refractivity contribution in [2.45, 2.75) is 32.7 Å². The van der Waals surface area contributed by atoms with Gasteiger partial charge in [0.15, 0.2) is 11.5 Å². The molecule has 0 amide bonds. The average molecular weight is 481 g/mol. The van der Waals surface area contributed by atoms with E-state index in [2.05, 4.69) is 16.4 Å². The van der Waals surface area contributed by atoms with Gasteiger partial charge in [0, 0.05) is 29.6 Å². The number of anilines is 2. The van der Waals surface area contributed by atoms with Crippen molar-refractivity contribution in [1.29, 1.82) is 10.7 Å². The first-order valence-electron chi connectivity index (χ1n) is 11.6. The van der Waals surface area contributed by atoms with Crippen LogP contribution >= 0.6 is 0 Å². The lowest BCUT2D eigenvalue weighted by Gasteiger charge is -2.17. The molecule has 1 aromatic heterocycles. The van der Waals surface area contributed by atoms with Crippen molar-refractivity contribution >= 4 is 28.5 Å². The number of hydrogen-bond acceptors (Lipinski definition) is 7. The van der Waals surface area contributed by atoms with Crippen LogP contribution < -0.4 is 14.8 Å². The quantitative estimate of drug-likeness (QED) is 0.250. The zero-order valence-corrected chi connectivity index (χ0v) is 20.5. The summed E-state index contributed by atoms with van der Waals surface area (Å²) < 4.78 is 17.4. The maximum Gasteiger partial charge on any atom is 0.163 e. The van der Waals surface area contributed by atoms with Crippen LogP contribution in [0.3, 0.4) is 0 Å². The highest BCUT2D eigenvalue weighted by molar-refractivity contribution is 5.97. The molecule has 0 aliphatic carbocycles. The van der Waals surface area contributed by atoms with Gasteiger partial charge < -0.3 is 24.9 Å². The van der Waals surface area contributed by atoms with Gasteiger partial charge in [-0.2, -0.15) is 5.26 Å². The van der Waals surface area contributed by atoms with Crippen LogP contribution in [0.5, 0.6) is 11.5 Å². The number of fused-ring (bicyclic) bond motifs is 1. The summed E-state index contributed by atoms with van der Waals surface area (Å²) >= 11 is 0. The minimum atomic E-state index is -0.459. The molecule has 4 aromatic rings. The Morgan fingerprint density at radius 3 is 2.44 bits per heavy atom. The van der Waals surface area contributed by atoms with Gasteiger partial charge in [-0.25, -0.2) is 0 Å². The summed E-state index contributed by atoms with van der Waals surface area (Å²) in [5, 5.41) is 21.6. The number of pyridine rings is 1. The van der Waals surface area contributed by atoms with Gasteiger partial charge in [0.2, 0.25) is 0 Å². The minimum absolute atomic E-state index is 0.0210. The molecule has 0 radical (unpaired) electrons. The normalized spacial score (nSPS) is 11.6. The van der Waals surface area contributed by atoms with Crippen LogP contribution in [0.25, 0.3) is 10.9 Å². The topological polar surface area (TPSA) is 100 Å². The summed E-state index contributed by atoms with van der Waals surface area (Å²) in [5.41, 5.74) is 4.43. The molecule has 7 heteroatoms. The number of benzene rings is 3. The van der Waals surface area contributed by atoms with Crippen molar-refractivity contribution < 1.29 is 14.2 Å². The zero-order chi connectivity index (χ0) is 25.5. The molecule has 0 saturated carbocycles. The predicted octanol–water partition coefficient (Wildman–Crippen LogP) is 6.55. The van der Waals surface area contributed by atoms with Gasteiger partial charge in [0.1, 0.15) is 12.2 Å². The highest BCUT2D eigenvalue weighted by atomic mass is 16.5. The molecule has 1 atom stereocenters. The SMILES string of the molecule is COc1cc2c(Nc3ccc(C(C=N)OCc4ccccc4)cc3)c(C#N)cnc2cc1OC(C)C. The summed E-state index contributed by atoms with van der Waals surface area (Å²) in [6.07, 6.45) is 2.36. The smallest absolute Gasteiger partial charge is 0.163 e. The van der Waals surface area contributed by atoms with Gasteiger partial charge in [-0.1, -0.05) is 42.5 Å². The number of nitrogens with zero attached hydrogens (tertiary/aromatic N) is 2. The van der Waals surface area contributed by atoms with Gasteiger partial charge in [0.05, 0.1) is 36.6 Å². The number of hydrogen-bond donors (Lipinski definition) is 2. The molecule has 0 fully saturated rings. The highest BCUT2D eigenvalue weighted by Crippen LogP contribution is 2.37. The van der Waals surface area contributed by atoms with E-state index in [-0.39, 0.29) is 6.10 Å². The molecule has 4 rings (SSSR count). The van der Waals surface area contributed by atoms with Gasteiger partial charge >= 0.3 is 0 Å². The molecule has 0 bridgehead atoms. The Morgan fingerprint density at radius 1 is 1.06 bits per heavy atom. The fourth-order valence-electron chi connectivity index (χ4n) is 3.83. The second kappa shape index (κ2) is 11.3. The second-order valence-electron chi connectivity index (χ2n) is 8.48. The van der Waals surface area contributed by atoms with Crippen molar-refractivity contribution in [3.8, 4) is 17.6 Å². The van der Waals surface area contributed by atoms with Crippen LogP contribution in [0.4, 0.5) is 11.4 Å². The number of aromatic nitrogens is 1. The Hall–Kier alpha value is -4.41. The van der Waals surface area contributed by atoms with Crippen LogP contribution in [-0.2, 0) is 11.3 Å². The van der Waals surface area contributed by atoms with Crippen LogP contribution in [0.1, 0.15) is 36.6 Å². The van der Waals surface area contributed by atoms with Crippen molar-refractivity contribution in [1.82, 2.24) is 4.98 Å².